The molecule has 0 aliphatic carbocycles. The van der Waals surface area contributed by atoms with Crippen LogP contribution in [0.4, 0.5) is 8.78 Å². The summed E-state index contributed by atoms with van der Waals surface area (Å²) in [7, 11) is 0. The summed E-state index contributed by atoms with van der Waals surface area (Å²) in [5, 5.41) is 3.34. The summed E-state index contributed by atoms with van der Waals surface area (Å²) < 4.78 is 27.0. The van der Waals surface area contributed by atoms with E-state index in [0.717, 1.165) is 36.0 Å². The molecule has 1 aromatic carbocycles. The molecule has 0 aliphatic heterocycles. The summed E-state index contributed by atoms with van der Waals surface area (Å²) in [6.07, 6.45) is 0.937. The zero-order valence-corrected chi connectivity index (χ0v) is 12.6. The second kappa shape index (κ2) is 6.76. The van der Waals surface area contributed by atoms with Crippen LogP contribution in [0, 0.1) is 25.5 Å². The van der Waals surface area contributed by atoms with Crippen LogP contribution in [-0.4, -0.2) is 11.5 Å². The van der Waals surface area contributed by atoms with Crippen molar-refractivity contribution in [2.45, 2.75) is 33.2 Å². The number of aromatic nitrogens is 1. The molecular weight excluding hydrogens is 270 g/mol. The minimum absolute atomic E-state index is 0.261. The van der Waals surface area contributed by atoms with Gasteiger partial charge < -0.3 is 5.32 Å². The number of hydrogen-bond acceptors (Lipinski definition) is 2. The molecule has 0 saturated heterocycles. The van der Waals surface area contributed by atoms with Crippen LogP contribution in [0.25, 0.3) is 0 Å². The number of nitrogens with zero attached hydrogens (tertiary/aromatic N) is 1. The highest BCUT2D eigenvalue weighted by Crippen LogP contribution is 2.25. The van der Waals surface area contributed by atoms with Crippen LogP contribution in [0.5, 0.6) is 0 Å². The molecule has 2 rings (SSSR count). The van der Waals surface area contributed by atoms with Crippen molar-refractivity contribution >= 4 is 0 Å². The lowest BCUT2D eigenvalue weighted by Gasteiger charge is -2.21. The average molecular weight is 290 g/mol. The molecule has 0 aliphatic rings. The second-order valence-corrected chi connectivity index (χ2v) is 5.22. The normalized spacial score (nSPS) is 12.4. The molecule has 2 aromatic rings. The number of halogens is 2. The van der Waals surface area contributed by atoms with E-state index in [2.05, 4.69) is 17.2 Å². The minimum Gasteiger partial charge on any atom is -0.306 e. The summed E-state index contributed by atoms with van der Waals surface area (Å²) in [5.41, 5.74) is 3.32. The van der Waals surface area contributed by atoms with Crippen molar-refractivity contribution in [3.05, 3.63) is 64.5 Å². The fourth-order valence-corrected chi connectivity index (χ4v) is 2.44. The largest absolute Gasteiger partial charge is 0.306 e. The van der Waals surface area contributed by atoms with E-state index in [0.29, 0.717) is 5.56 Å². The molecule has 1 unspecified atom stereocenters. The summed E-state index contributed by atoms with van der Waals surface area (Å²) in [6, 6.07) is 7.25. The number of pyridine rings is 1. The Hall–Kier alpha value is -1.81. The standard InChI is InChI=1S/C17H20F2N2/c1-4-7-20-17(13-8-14(18)10-15(19)9-13)16-6-5-11(2)21-12(16)3/h5-6,8-10,17,20H,4,7H2,1-3H3. The Kier molecular flexibility index (Phi) is 5.02. The summed E-state index contributed by atoms with van der Waals surface area (Å²) in [6.45, 7) is 6.65. The van der Waals surface area contributed by atoms with Gasteiger partial charge in [0.2, 0.25) is 0 Å². The molecule has 0 fully saturated rings. The number of aryl methyl sites for hydroxylation is 2. The second-order valence-electron chi connectivity index (χ2n) is 5.22. The van der Waals surface area contributed by atoms with Gasteiger partial charge in [0, 0.05) is 17.5 Å². The zero-order chi connectivity index (χ0) is 15.4. The van der Waals surface area contributed by atoms with Crippen LogP contribution < -0.4 is 5.32 Å². The Morgan fingerprint density at radius 3 is 2.33 bits per heavy atom. The molecule has 0 saturated carbocycles. The molecule has 4 heteroatoms. The first-order valence-corrected chi connectivity index (χ1v) is 7.14. The molecule has 1 atom stereocenters. The third-order valence-electron chi connectivity index (χ3n) is 3.39. The van der Waals surface area contributed by atoms with Crippen molar-refractivity contribution in [3.63, 3.8) is 0 Å². The predicted molar refractivity (Wildman–Crippen MR) is 80.2 cm³/mol. The first kappa shape index (κ1) is 15.6. The van der Waals surface area contributed by atoms with Gasteiger partial charge >= 0.3 is 0 Å². The molecule has 0 spiro atoms. The van der Waals surface area contributed by atoms with Gasteiger partial charge in [0.15, 0.2) is 0 Å². The van der Waals surface area contributed by atoms with Crippen LogP contribution in [0.2, 0.25) is 0 Å². The molecule has 0 amide bonds. The van der Waals surface area contributed by atoms with E-state index in [1.807, 2.05) is 26.0 Å². The van der Waals surface area contributed by atoms with E-state index < -0.39 is 11.6 Å². The lowest BCUT2D eigenvalue weighted by Crippen LogP contribution is -2.24. The maximum Gasteiger partial charge on any atom is 0.126 e. The topological polar surface area (TPSA) is 24.9 Å². The van der Waals surface area contributed by atoms with E-state index in [-0.39, 0.29) is 6.04 Å². The Morgan fingerprint density at radius 2 is 1.76 bits per heavy atom. The Bertz CT molecular complexity index is 606. The van der Waals surface area contributed by atoms with Crippen LogP contribution in [-0.2, 0) is 0 Å². The number of hydrogen-bond donors (Lipinski definition) is 1. The van der Waals surface area contributed by atoms with Crippen molar-refractivity contribution in [2.75, 3.05) is 6.54 Å². The van der Waals surface area contributed by atoms with Gasteiger partial charge in [-0.2, -0.15) is 0 Å². The third-order valence-corrected chi connectivity index (χ3v) is 3.39. The van der Waals surface area contributed by atoms with E-state index in [1.165, 1.54) is 12.1 Å². The van der Waals surface area contributed by atoms with Gasteiger partial charge in [-0.1, -0.05) is 13.0 Å². The van der Waals surface area contributed by atoms with E-state index in [1.54, 1.807) is 0 Å². The first-order chi connectivity index (χ1) is 10.0. The van der Waals surface area contributed by atoms with Crippen LogP contribution in [0.15, 0.2) is 30.3 Å². The molecule has 0 radical (unpaired) electrons. The lowest BCUT2D eigenvalue weighted by molar-refractivity contribution is 0.556. The number of rotatable bonds is 5. The third kappa shape index (κ3) is 3.85. The average Bonchev–Trinajstić information content (AvgIpc) is 2.40. The molecule has 0 bridgehead atoms. The van der Waals surface area contributed by atoms with Crippen LogP contribution >= 0.6 is 0 Å². The van der Waals surface area contributed by atoms with Gasteiger partial charge in [0.25, 0.3) is 0 Å². The highest BCUT2D eigenvalue weighted by molar-refractivity contribution is 5.35. The van der Waals surface area contributed by atoms with E-state index in [9.17, 15) is 8.78 Å². The fourth-order valence-electron chi connectivity index (χ4n) is 2.44. The van der Waals surface area contributed by atoms with Crippen molar-refractivity contribution in [2.24, 2.45) is 0 Å². The Balaban J connectivity index is 2.46. The Morgan fingerprint density at radius 1 is 1.10 bits per heavy atom. The summed E-state index contributed by atoms with van der Waals surface area (Å²) in [5.74, 6) is -1.13. The highest BCUT2D eigenvalue weighted by Gasteiger charge is 2.18. The lowest BCUT2D eigenvalue weighted by atomic mass is 9.97. The van der Waals surface area contributed by atoms with Gasteiger partial charge in [-0.05, 0) is 56.1 Å². The number of benzene rings is 1. The highest BCUT2D eigenvalue weighted by atomic mass is 19.1. The number of nitrogens with one attached hydrogen (secondary N) is 1. The van der Waals surface area contributed by atoms with Crippen LogP contribution in [0.1, 0.15) is 41.9 Å². The minimum atomic E-state index is -0.564. The van der Waals surface area contributed by atoms with Crippen molar-refractivity contribution in [3.8, 4) is 0 Å². The van der Waals surface area contributed by atoms with Gasteiger partial charge in [0.05, 0.1) is 6.04 Å². The fraction of sp³-hybridized carbons (Fsp3) is 0.353. The molecule has 1 N–H and O–H groups in total. The molecule has 1 heterocycles. The molecule has 2 nitrogen and oxygen atoms in total. The van der Waals surface area contributed by atoms with Crippen LogP contribution in [0.3, 0.4) is 0 Å². The van der Waals surface area contributed by atoms with Gasteiger partial charge in [-0.15, -0.1) is 0 Å². The summed E-state index contributed by atoms with van der Waals surface area (Å²) in [4.78, 5) is 4.45. The Labute approximate surface area is 124 Å². The maximum absolute atomic E-state index is 13.5. The zero-order valence-electron chi connectivity index (χ0n) is 12.6. The molecular formula is C17H20F2N2. The van der Waals surface area contributed by atoms with Crippen molar-refractivity contribution in [1.82, 2.24) is 10.3 Å². The quantitative estimate of drug-likeness (QED) is 0.898. The first-order valence-electron chi connectivity index (χ1n) is 7.14. The van der Waals surface area contributed by atoms with Crippen molar-refractivity contribution in [1.29, 1.82) is 0 Å². The molecule has 21 heavy (non-hydrogen) atoms. The smallest absolute Gasteiger partial charge is 0.126 e. The monoisotopic (exact) mass is 290 g/mol. The SMILES string of the molecule is CCCNC(c1cc(F)cc(F)c1)c1ccc(C)nc1C. The van der Waals surface area contributed by atoms with Gasteiger partial charge in [-0.3, -0.25) is 4.98 Å². The van der Waals surface area contributed by atoms with E-state index in [4.69, 9.17) is 0 Å². The van der Waals surface area contributed by atoms with E-state index >= 15 is 0 Å². The molecule has 1 aromatic heterocycles. The maximum atomic E-state index is 13.5. The predicted octanol–water partition coefficient (Wildman–Crippen LogP) is 4.07. The van der Waals surface area contributed by atoms with Gasteiger partial charge in [-0.25, -0.2) is 8.78 Å². The van der Waals surface area contributed by atoms with Gasteiger partial charge in [0.1, 0.15) is 11.6 Å². The summed E-state index contributed by atoms with van der Waals surface area (Å²) >= 11 is 0. The molecule has 112 valence electrons. The van der Waals surface area contributed by atoms with Crippen molar-refractivity contribution < 1.29 is 8.78 Å².